The van der Waals surface area contributed by atoms with E-state index in [0.29, 0.717) is 6.61 Å². The van der Waals surface area contributed by atoms with Gasteiger partial charge in [-0.25, -0.2) is 0 Å². The Labute approximate surface area is 154 Å². The molecule has 0 N–H and O–H groups in total. The zero-order chi connectivity index (χ0) is 17.8. The minimum atomic E-state index is 0.0131. The first-order valence-corrected chi connectivity index (χ1v) is 9.14. The van der Waals surface area contributed by atoms with Gasteiger partial charge in [-0.1, -0.05) is 30.3 Å². The highest BCUT2D eigenvalue weighted by Gasteiger charge is 2.27. The fraction of sp³-hybridized carbons (Fsp3) is 0.273. The van der Waals surface area contributed by atoms with Gasteiger partial charge in [0.25, 0.3) is 0 Å². The second-order valence-corrected chi connectivity index (χ2v) is 6.46. The summed E-state index contributed by atoms with van der Waals surface area (Å²) in [6, 6.07) is 20.9. The molecule has 0 unspecified atom stereocenters. The van der Waals surface area contributed by atoms with Crippen LogP contribution in [-0.2, 0) is 11.3 Å². The van der Waals surface area contributed by atoms with Crippen LogP contribution < -0.4 is 4.74 Å². The summed E-state index contributed by atoms with van der Waals surface area (Å²) in [7, 11) is 0. The first-order valence-electron chi connectivity index (χ1n) is 9.14. The maximum atomic E-state index is 6.02. The summed E-state index contributed by atoms with van der Waals surface area (Å²) >= 11 is 0. The minimum Gasteiger partial charge on any atom is -0.494 e. The highest BCUT2D eigenvalue weighted by molar-refractivity contribution is 5.39. The smallest absolute Gasteiger partial charge is 0.138 e. The molecular formula is C22H24N2O2. The number of hydrogen-bond donors (Lipinski definition) is 0. The van der Waals surface area contributed by atoms with Crippen molar-refractivity contribution in [3.05, 3.63) is 84.2 Å². The summed E-state index contributed by atoms with van der Waals surface area (Å²) in [5.74, 6) is 0.900. The molecule has 2 heterocycles. The van der Waals surface area contributed by atoms with Gasteiger partial charge in [-0.3, -0.25) is 4.90 Å². The third-order valence-corrected chi connectivity index (χ3v) is 4.66. The Morgan fingerprint density at radius 1 is 1.04 bits per heavy atom. The average Bonchev–Trinajstić information content (AvgIpc) is 3.33. The van der Waals surface area contributed by atoms with Gasteiger partial charge in [0, 0.05) is 36.7 Å². The van der Waals surface area contributed by atoms with Gasteiger partial charge in [-0.2, -0.15) is 0 Å². The summed E-state index contributed by atoms with van der Waals surface area (Å²) in [6.07, 6.45) is 4.26. The van der Waals surface area contributed by atoms with E-state index in [-0.39, 0.29) is 6.23 Å². The second kappa shape index (κ2) is 7.77. The topological polar surface area (TPSA) is 26.6 Å². The molecule has 1 fully saturated rings. The molecule has 26 heavy (non-hydrogen) atoms. The number of aromatic nitrogens is 1. The van der Waals surface area contributed by atoms with Gasteiger partial charge in [0.05, 0.1) is 13.2 Å². The molecule has 2 aromatic carbocycles. The Hall–Kier alpha value is -2.56. The van der Waals surface area contributed by atoms with Crippen molar-refractivity contribution < 1.29 is 9.47 Å². The normalized spacial score (nSPS) is 17.5. The van der Waals surface area contributed by atoms with Crippen LogP contribution in [-0.4, -0.2) is 29.2 Å². The summed E-state index contributed by atoms with van der Waals surface area (Å²) in [4.78, 5) is 2.38. The standard InChI is InChI=1S/C22H24N2O2/c1-2-25-21-10-8-20(9-11-21)23-13-12-19(17-23)22-24(14-15-26-22)16-18-6-4-3-5-7-18/h3-13,17,22H,2,14-16H2,1H3/t22-/m1/s1. The molecule has 1 atom stereocenters. The van der Waals surface area contributed by atoms with E-state index in [2.05, 4.69) is 70.4 Å². The molecule has 1 aliphatic heterocycles. The number of ether oxygens (including phenoxy) is 2. The largest absolute Gasteiger partial charge is 0.494 e. The zero-order valence-corrected chi connectivity index (χ0v) is 15.0. The monoisotopic (exact) mass is 348 g/mol. The van der Waals surface area contributed by atoms with E-state index in [1.54, 1.807) is 0 Å². The molecule has 4 heteroatoms. The highest BCUT2D eigenvalue weighted by Crippen LogP contribution is 2.29. The van der Waals surface area contributed by atoms with Crippen LogP contribution in [0.1, 0.15) is 24.3 Å². The Bertz CT molecular complexity index is 827. The second-order valence-electron chi connectivity index (χ2n) is 6.46. The first kappa shape index (κ1) is 16.9. The molecule has 1 aliphatic rings. The number of rotatable bonds is 6. The van der Waals surface area contributed by atoms with E-state index in [1.807, 2.05) is 19.1 Å². The Morgan fingerprint density at radius 3 is 2.62 bits per heavy atom. The molecule has 0 radical (unpaired) electrons. The molecule has 3 aromatic rings. The Kier molecular flexibility index (Phi) is 5.04. The van der Waals surface area contributed by atoms with Crippen LogP contribution >= 0.6 is 0 Å². The lowest BCUT2D eigenvalue weighted by atomic mass is 10.2. The van der Waals surface area contributed by atoms with Crippen LogP contribution in [0.2, 0.25) is 0 Å². The van der Waals surface area contributed by atoms with Gasteiger partial charge in [0.1, 0.15) is 12.0 Å². The number of benzene rings is 2. The van der Waals surface area contributed by atoms with Crippen LogP contribution in [0.4, 0.5) is 0 Å². The molecule has 1 saturated heterocycles. The van der Waals surface area contributed by atoms with Crippen molar-refractivity contribution in [2.75, 3.05) is 19.8 Å². The van der Waals surface area contributed by atoms with Crippen molar-refractivity contribution in [2.24, 2.45) is 0 Å². The third kappa shape index (κ3) is 3.66. The van der Waals surface area contributed by atoms with Crippen molar-refractivity contribution in [2.45, 2.75) is 19.7 Å². The predicted molar refractivity (Wildman–Crippen MR) is 102 cm³/mol. The summed E-state index contributed by atoms with van der Waals surface area (Å²) in [5, 5.41) is 0. The average molecular weight is 348 g/mol. The van der Waals surface area contributed by atoms with Crippen molar-refractivity contribution in [1.29, 1.82) is 0 Å². The third-order valence-electron chi connectivity index (χ3n) is 4.66. The molecule has 4 rings (SSSR count). The lowest BCUT2D eigenvalue weighted by Crippen LogP contribution is -2.23. The van der Waals surface area contributed by atoms with Crippen LogP contribution in [0.5, 0.6) is 5.75 Å². The molecule has 0 aliphatic carbocycles. The summed E-state index contributed by atoms with van der Waals surface area (Å²) in [5.41, 5.74) is 3.62. The molecule has 0 amide bonds. The van der Waals surface area contributed by atoms with Crippen molar-refractivity contribution in [1.82, 2.24) is 9.47 Å². The van der Waals surface area contributed by atoms with E-state index in [9.17, 15) is 0 Å². The Balaban J connectivity index is 1.49. The maximum Gasteiger partial charge on any atom is 0.138 e. The molecule has 134 valence electrons. The van der Waals surface area contributed by atoms with Crippen LogP contribution in [0, 0.1) is 0 Å². The van der Waals surface area contributed by atoms with Gasteiger partial charge >= 0.3 is 0 Å². The number of hydrogen-bond acceptors (Lipinski definition) is 3. The van der Waals surface area contributed by atoms with Gasteiger partial charge in [-0.05, 0) is 42.8 Å². The fourth-order valence-electron chi connectivity index (χ4n) is 3.39. The van der Waals surface area contributed by atoms with Crippen LogP contribution in [0.15, 0.2) is 73.1 Å². The summed E-state index contributed by atoms with van der Waals surface area (Å²) < 4.78 is 13.7. The van der Waals surface area contributed by atoms with E-state index in [4.69, 9.17) is 9.47 Å². The van der Waals surface area contributed by atoms with E-state index < -0.39 is 0 Å². The molecule has 4 nitrogen and oxygen atoms in total. The number of nitrogens with zero attached hydrogens (tertiary/aromatic N) is 2. The van der Waals surface area contributed by atoms with Crippen LogP contribution in [0.25, 0.3) is 5.69 Å². The first-order chi connectivity index (χ1) is 12.8. The quantitative estimate of drug-likeness (QED) is 0.660. The van der Waals surface area contributed by atoms with E-state index >= 15 is 0 Å². The SMILES string of the molecule is CCOc1ccc(-n2ccc([C@H]3OCCN3Cc3ccccc3)c2)cc1. The molecule has 1 aromatic heterocycles. The predicted octanol–water partition coefficient (Wildman–Crippen LogP) is 4.41. The molecular weight excluding hydrogens is 324 g/mol. The highest BCUT2D eigenvalue weighted by atomic mass is 16.5. The maximum absolute atomic E-state index is 6.02. The van der Waals surface area contributed by atoms with Gasteiger partial charge < -0.3 is 14.0 Å². The van der Waals surface area contributed by atoms with E-state index in [0.717, 1.165) is 31.1 Å². The Morgan fingerprint density at radius 2 is 1.85 bits per heavy atom. The zero-order valence-electron chi connectivity index (χ0n) is 15.0. The summed E-state index contributed by atoms with van der Waals surface area (Å²) in [6.45, 7) is 5.30. The molecule has 0 saturated carbocycles. The fourth-order valence-corrected chi connectivity index (χ4v) is 3.39. The van der Waals surface area contributed by atoms with Gasteiger partial charge in [0.2, 0.25) is 0 Å². The van der Waals surface area contributed by atoms with Gasteiger partial charge in [-0.15, -0.1) is 0 Å². The van der Waals surface area contributed by atoms with Crippen molar-refractivity contribution in [3.8, 4) is 11.4 Å². The minimum absolute atomic E-state index is 0.0131. The molecule has 0 bridgehead atoms. The van der Waals surface area contributed by atoms with Crippen molar-refractivity contribution >= 4 is 0 Å². The van der Waals surface area contributed by atoms with Crippen LogP contribution in [0.3, 0.4) is 0 Å². The van der Waals surface area contributed by atoms with Gasteiger partial charge in [0.15, 0.2) is 0 Å². The lowest BCUT2D eigenvalue weighted by Gasteiger charge is -2.22. The lowest BCUT2D eigenvalue weighted by molar-refractivity contribution is 0.0288. The molecule has 0 spiro atoms. The van der Waals surface area contributed by atoms with Crippen molar-refractivity contribution in [3.63, 3.8) is 0 Å². The van der Waals surface area contributed by atoms with E-state index in [1.165, 1.54) is 11.1 Å².